The van der Waals surface area contributed by atoms with Gasteiger partial charge in [0.05, 0.1) is 21.3 Å². The first-order valence-corrected chi connectivity index (χ1v) is 15.8. The molecule has 0 aliphatic carbocycles. The number of ether oxygens (including phenoxy) is 1. The third-order valence-corrected chi connectivity index (χ3v) is 10.8. The largest absolute Gasteiger partial charge is 0.461 e. The number of benzene rings is 2. The van der Waals surface area contributed by atoms with E-state index >= 15 is 4.39 Å². The number of nitrogens with one attached hydrogen (secondary N) is 2. The maximum Gasteiger partial charge on any atom is 0.417 e. The first-order chi connectivity index (χ1) is 21.1. The van der Waals surface area contributed by atoms with Gasteiger partial charge in [-0.05, 0) is 76.2 Å². The zero-order chi connectivity index (χ0) is 30.4. The zero-order valence-corrected chi connectivity index (χ0v) is 24.4. The zero-order valence-electron chi connectivity index (χ0n) is 23.6. The third-order valence-electron chi connectivity index (χ3n) is 9.90. The summed E-state index contributed by atoms with van der Waals surface area (Å²) in [6, 6.07) is 3.23. The minimum atomic E-state index is -4.96. The van der Waals surface area contributed by atoms with Crippen LogP contribution in [0.2, 0.25) is 0 Å². The topological polar surface area (TPSA) is 101 Å². The first kappa shape index (κ1) is 28.1. The second kappa shape index (κ2) is 10.1. The van der Waals surface area contributed by atoms with E-state index < -0.39 is 28.9 Å². The number of hydrogen-bond donors (Lipinski definition) is 3. The van der Waals surface area contributed by atoms with Crippen molar-refractivity contribution in [3.05, 3.63) is 35.4 Å². The van der Waals surface area contributed by atoms with Crippen LogP contribution in [0.25, 0.3) is 32.2 Å². The van der Waals surface area contributed by atoms with E-state index in [2.05, 4.69) is 30.5 Å². The van der Waals surface area contributed by atoms with Gasteiger partial charge in [-0.15, -0.1) is 0 Å². The molecule has 0 radical (unpaired) electrons. The summed E-state index contributed by atoms with van der Waals surface area (Å²) < 4.78 is 81.5. The molecule has 2 aromatic carbocycles. The number of halogens is 5. The molecular weight excluding hydrogens is 601 g/mol. The van der Waals surface area contributed by atoms with Crippen molar-refractivity contribution in [2.45, 2.75) is 74.8 Å². The van der Waals surface area contributed by atoms with E-state index in [1.165, 1.54) is 0 Å². The SMILES string of the molecule is Nc1nc2c(-c3c(C(F)(F)F)cc4c(NC5CC6CC[C@H]5N6)nc(OCC56CCCN5CCC6)nc4c3F)ccc(F)c2s1. The van der Waals surface area contributed by atoms with Crippen molar-refractivity contribution >= 4 is 43.4 Å². The molecule has 3 atom stereocenters. The van der Waals surface area contributed by atoms with Crippen molar-refractivity contribution in [2.24, 2.45) is 0 Å². The summed E-state index contributed by atoms with van der Waals surface area (Å²) >= 11 is 0.787. The summed E-state index contributed by atoms with van der Waals surface area (Å²) in [5.41, 5.74) is 2.96. The lowest BCUT2D eigenvalue weighted by Crippen LogP contribution is -2.43. The van der Waals surface area contributed by atoms with Crippen LogP contribution in [-0.2, 0) is 6.18 Å². The van der Waals surface area contributed by atoms with Crippen LogP contribution >= 0.6 is 11.3 Å². The molecule has 0 amide bonds. The minimum absolute atomic E-state index is 0.0441. The number of nitrogens with zero attached hydrogens (tertiary/aromatic N) is 4. The number of thiazole rings is 1. The molecule has 0 spiro atoms. The fraction of sp³-hybridized carbons (Fsp3) is 0.500. The van der Waals surface area contributed by atoms with Crippen LogP contribution in [-0.4, -0.2) is 63.2 Å². The molecule has 4 N–H and O–H groups in total. The summed E-state index contributed by atoms with van der Waals surface area (Å²) in [5, 5.41) is 6.67. The number of nitrogens with two attached hydrogens (primary N) is 1. The van der Waals surface area contributed by atoms with E-state index in [0.717, 1.165) is 87.6 Å². The van der Waals surface area contributed by atoms with E-state index in [4.69, 9.17) is 10.5 Å². The molecule has 8 nitrogen and oxygen atoms in total. The Kier molecular flexibility index (Phi) is 6.44. The van der Waals surface area contributed by atoms with Gasteiger partial charge in [-0.3, -0.25) is 4.90 Å². The molecule has 8 rings (SSSR count). The highest BCUT2D eigenvalue weighted by Gasteiger charge is 2.45. The van der Waals surface area contributed by atoms with Crippen molar-refractivity contribution in [3.63, 3.8) is 0 Å². The molecule has 6 heterocycles. The Morgan fingerprint density at radius 1 is 1.09 bits per heavy atom. The molecule has 2 aromatic heterocycles. The van der Waals surface area contributed by atoms with Crippen LogP contribution in [0.3, 0.4) is 0 Å². The molecule has 4 aromatic rings. The van der Waals surface area contributed by atoms with Gasteiger partial charge >= 0.3 is 12.2 Å². The Hall–Kier alpha value is -3.36. The summed E-state index contributed by atoms with van der Waals surface area (Å²) in [6.45, 7) is 2.27. The highest BCUT2D eigenvalue weighted by Crippen LogP contribution is 2.46. The predicted octanol–water partition coefficient (Wildman–Crippen LogP) is 6.10. The van der Waals surface area contributed by atoms with Crippen molar-refractivity contribution in [3.8, 4) is 17.1 Å². The number of rotatable bonds is 6. The number of aromatic nitrogens is 3. The second-order valence-electron chi connectivity index (χ2n) is 12.4. The third kappa shape index (κ3) is 4.47. The number of hydrogen-bond acceptors (Lipinski definition) is 9. The van der Waals surface area contributed by atoms with Crippen LogP contribution in [0.15, 0.2) is 18.2 Å². The maximum absolute atomic E-state index is 16.7. The van der Waals surface area contributed by atoms with E-state index in [1.54, 1.807) is 0 Å². The Labute approximate surface area is 253 Å². The first-order valence-electron chi connectivity index (χ1n) is 15.0. The molecule has 44 heavy (non-hydrogen) atoms. The van der Waals surface area contributed by atoms with Gasteiger partial charge in [-0.25, -0.2) is 13.8 Å². The fourth-order valence-electron chi connectivity index (χ4n) is 7.88. The average molecular weight is 632 g/mol. The van der Waals surface area contributed by atoms with Gasteiger partial charge in [0.25, 0.3) is 0 Å². The van der Waals surface area contributed by atoms with Gasteiger partial charge in [0, 0.05) is 34.6 Å². The van der Waals surface area contributed by atoms with Crippen molar-refractivity contribution in [1.82, 2.24) is 25.2 Å². The molecule has 4 aliphatic heterocycles. The van der Waals surface area contributed by atoms with Crippen LogP contribution < -0.4 is 21.1 Å². The Bertz CT molecular complexity index is 1790. The lowest BCUT2D eigenvalue weighted by molar-refractivity contribution is -0.137. The Morgan fingerprint density at radius 3 is 2.59 bits per heavy atom. The lowest BCUT2D eigenvalue weighted by atomic mass is 9.94. The average Bonchev–Trinajstić information content (AvgIpc) is 3.79. The van der Waals surface area contributed by atoms with E-state index in [-0.39, 0.29) is 61.3 Å². The fourth-order valence-corrected chi connectivity index (χ4v) is 8.64. The molecular formula is C30H30F5N7OS. The second-order valence-corrected chi connectivity index (χ2v) is 13.5. The lowest BCUT2D eigenvalue weighted by Gasteiger charge is -2.31. The molecule has 4 fully saturated rings. The van der Waals surface area contributed by atoms with Crippen LogP contribution in [0, 0.1) is 11.6 Å². The summed E-state index contributed by atoms with van der Waals surface area (Å²) in [5.74, 6) is -1.82. The maximum atomic E-state index is 16.7. The number of alkyl halides is 3. The van der Waals surface area contributed by atoms with E-state index in [0.29, 0.717) is 12.6 Å². The molecule has 14 heteroatoms. The number of fused-ring (bicyclic) bond motifs is 5. The molecule has 2 unspecified atom stereocenters. The molecule has 4 saturated heterocycles. The summed E-state index contributed by atoms with van der Waals surface area (Å²) in [6.07, 6.45) is 1.81. The molecule has 2 bridgehead atoms. The quantitative estimate of drug-likeness (QED) is 0.220. The van der Waals surface area contributed by atoms with Gasteiger partial charge in [0.15, 0.2) is 10.9 Å². The summed E-state index contributed by atoms with van der Waals surface area (Å²) in [7, 11) is 0. The van der Waals surface area contributed by atoms with Crippen molar-refractivity contribution < 1.29 is 26.7 Å². The molecule has 4 aliphatic rings. The van der Waals surface area contributed by atoms with Gasteiger partial charge in [-0.1, -0.05) is 11.3 Å². The van der Waals surface area contributed by atoms with Gasteiger partial charge < -0.3 is 21.1 Å². The molecule has 0 saturated carbocycles. The van der Waals surface area contributed by atoms with Crippen molar-refractivity contribution in [2.75, 3.05) is 30.7 Å². The Morgan fingerprint density at radius 2 is 1.89 bits per heavy atom. The predicted molar refractivity (Wildman–Crippen MR) is 158 cm³/mol. The van der Waals surface area contributed by atoms with Gasteiger partial charge in [-0.2, -0.15) is 23.1 Å². The highest BCUT2D eigenvalue weighted by molar-refractivity contribution is 7.22. The van der Waals surface area contributed by atoms with E-state index in [9.17, 15) is 17.6 Å². The summed E-state index contributed by atoms with van der Waals surface area (Å²) in [4.78, 5) is 15.4. The number of anilines is 2. The van der Waals surface area contributed by atoms with Gasteiger partial charge in [0.2, 0.25) is 0 Å². The Balaban J connectivity index is 1.30. The van der Waals surface area contributed by atoms with Crippen molar-refractivity contribution in [1.29, 1.82) is 0 Å². The normalized spacial score (nSPS) is 24.5. The van der Waals surface area contributed by atoms with Crippen LogP contribution in [0.5, 0.6) is 6.01 Å². The van der Waals surface area contributed by atoms with Crippen LogP contribution in [0.1, 0.15) is 50.5 Å². The number of nitrogen functional groups attached to an aromatic ring is 1. The minimum Gasteiger partial charge on any atom is -0.461 e. The smallest absolute Gasteiger partial charge is 0.417 e. The monoisotopic (exact) mass is 631 g/mol. The molecule has 232 valence electrons. The van der Waals surface area contributed by atoms with Crippen LogP contribution in [0.4, 0.5) is 32.9 Å². The van der Waals surface area contributed by atoms with E-state index in [1.807, 2.05) is 0 Å². The highest BCUT2D eigenvalue weighted by atomic mass is 32.1. The van der Waals surface area contributed by atoms with Gasteiger partial charge in [0.1, 0.15) is 23.8 Å². The standard InChI is InChI=1S/C30H30F5N7OS/c31-18-5-4-15(24-25(18)44-27(36)39-24)21-17(30(33,34)35)12-16-23(22(21)32)40-28(43-13-29-7-1-9-42(29)10-2-8-29)41-26(16)38-20-11-14-3-6-19(20)37-14/h4-5,12,14,19-20,37H,1-3,6-11,13H2,(H2,36,39)(H,38,40,41)/t14?,19-,20?/m1/s1.